The molecule has 1 aromatic heterocycles. The van der Waals surface area contributed by atoms with Crippen molar-refractivity contribution in [1.29, 1.82) is 0 Å². The van der Waals surface area contributed by atoms with Crippen LogP contribution in [0.1, 0.15) is 6.92 Å². The van der Waals surface area contributed by atoms with Crippen molar-refractivity contribution in [3.63, 3.8) is 0 Å². The molecular formula is C19H22NOS2Si+. The molecule has 0 N–H and O–H groups in total. The van der Waals surface area contributed by atoms with Crippen LogP contribution in [0.3, 0.4) is 0 Å². The predicted molar refractivity (Wildman–Crippen MR) is 107 cm³/mol. The molecule has 24 heavy (non-hydrogen) atoms. The number of ketones is 1. The first-order valence-electron chi connectivity index (χ1n) is 8.06. The molecule has 0 saturated heterocycles. The van der Waals surface area contributed by atoms with E-state index in [-0.39, 0.29) is 5.78 Å². The molecule has 3 aromatic rings. The number of thiazole rings is 1. The maximum absolute atomic E-state index is 11.7. The summed E-state index contributed by atoms with van der Waals surface area (Å²) in [6.07, 6.45) is 0. The highest BCUT2D eigenvalue weighted by Crippen LogP contribution is 2.29. The van der Waals surface area contributed by atoms with Gasteiger partial charge in [0.15, 0.2) is 5.78 Å². The van der Waals surface area contributed by atoms with Gasteiger partial charge in [0.25, 0.3) is 4.34 Å². The number of hydrogen-bond acceptors (Lipinski definition) is 3. The van der Waals surface area contributed by atoms with Gasteiger partial charge in [0.1, 0.15) is 4.70 Å². The number of para-hydroxylation sites is 1. The molecule has 0 aliphatic heterocycles. The van der Waals surface area contributed by atoms with Gasteiger partial charge in [0, 0.05) is 18.4 Å². The average Bonchev–Trinajstić information content (AvgIpc) is 2.91. The summed E-state index contributed by atoms with van der Waals surface area (Å²) in [7, 11) is -1.50. The number of hydrogen-bond donors (Lipinski definition) is 0. The molecule has 0 aliphatic rings. The summed E-state index contributed by atoms with van der Waals surface area (Å²) in [4.78, 5) is 11.7. The standard InChI is InChI=1S/C19H22NOS2Si/c1-15(21)13-20-17-11-7-8-12-18(17)23-19(20)22-14-24(2,3)16-9-5-4-6-10-16/h4-12H,13-14H2,1-3H3/q+1. The number of rotatable bonds is 6. The molecule has 2 nitrogen and oxygen atoms in total. The zero-order chi connectivity index (χ0) is 17.2. The molecule has 5 heteroatoms. The van der Waals surface area contributed by atoms with Gasteiger partial charge in [0.2, 0.25) is 12.1 Å². The Balaban J connectivity index is 1.88. The van der Waals surface area contributed by atoms with Gasteiger partial charge in [-0.3, -0.25) is 4.79 Å². The number of thioether (sulfide) groups is 1. The first kappa shape index (κ1) is 17.4. The van der Waals surface area contributed by atoms with Crippen LogP contribution >= 0.6 is 23.1 Å². The average molecular weight is 373 g/mol. The largest absolute Gasteiger partial charge is 0.298 e. The summed E-state index contributed by atoms with van der Waals surface area (Å²) in [6.45, 7) is 6.95. The van der Waals surface area contributed by atoms with Crippen LogP contribution in [0.2, 0.25) is 13.1 Å². The summed E-state index contributed by atoms with van der Waals surface area (Å²) in [6, 6.07) is 19.2. The van der Waals surface area contributed by atoms with E-state index >= 15 is 0 Å². The minimum absolute atomic E-state index is 0.199. The highest BCUT2D eigenvalue weighted by atomic mass is 32.2. The topological polar surface area (TPSA) is 20.9 Å². The van der Waals surface area contributed by atoms with Crippen molar-refractivity contribution in [3.05, 3.63) is 54.6 Å². The van der Waals surface area contributed by atoms with Gasteiger partial charge in [-0.2, -0.15) is 4.57 Å². The highest BCUT2D eigenvalue weighted by molar-refractivity contribution is 8.02. The zero-order valence-corrected chi connectivity index (χ0v) is 16.9. The fourth-order valence-corrected chi connectivity index (χ4v) is 8.65. The monoisotopic (exact) mass is 372 g/mol. The smallest absolute Gasteiger partial charge is 0.293 e. The Hall–Kier alpha value is -1.43. The van der Waals surface area contributed by atoms with E-state index < -0.39 is 8.07 Å². The molecule has 0 amide bonds. The van der Waals surface area contributed by atoms with Gasteiger partial charge >= 0.3 is 0 Å². The third kappa shape index (κ3) is 3.79. The summed E-state index contributed by atoms with van der Waals surface area (Å²) < 4.78 is 4.67. The van der Waals surface area contributed by atoms with Gasteiger partial charge in [-0.25, -0.2) is 0 Å². The molecule has 0 radical (unpaired) electrons. The normalized spacial score (nSPS) is 11.8. The SMILES string of the molecule is CC(=O)C[n+]1c(SC[Si](C)(C)c2ccccc2)sc2ccccc21. The van der Waals surface area contributed by atoms with Crippen LogP contribution in [-0.2, 0) is 11.3 Å². The van der Waals surface area contributed by atoms with E-state index in [0.29, 0.717) is 6.54 Å². The molecule has 3 rings (SSSR count). The third-order valence-corrected chi connectivity index (χ3v) is 11.5. The van der Waals surface area contributed by atoms with Crippen LogP contribution in [-0.4, -0.2) is 19.2 Å². The molecule has 0 atom stereocenters. The first-order chi connectivity index (χ1) is 11.5. The molecule has 0 aliphatic carbocycles. The Kier molecular flexibility index (Phi) is 5.23. The van der Waals surface area contributed by atoms with E-state index in [9.17, 15) is 4.79 Å². The Labute approximate surface area is 152 Å². The van der Waals surface area contributed by atoms with Crippen molar-refractivity contribution in [2.24, 2.45) is 0 Å². The fraction of sp³-hybridized carbons (Fsp3) is 0.263. The Morgan fingerprint density at radius 3 is 2.46 bits per heavy atom. The summed E-state index contributed by atoms with van der Waals surface area (Å²) >= 11 is 3.71. The summed E-state index contributed by atoms with van der Waals surface area (Å²) in [5, 5.41) is 2.60. The van der Waals surface area contributed by atoms with E-state index in [1.807, 2.05) is 17.8 Å². The van der Waals surface area contributed by atoms with Crippen LogP contribution in [0.15, 0.2) is 58.9 Å². The quantitative estimate of drug-likeness (QED) is 0.370. The van der Waals surface area contributed by atoms with Crippen molar-refractivity contribution in [3.8, 4) is 0 Å². The lowest BCUT2D eigenvalue weighted by Crippen LogP contribution is -2.45. The first-order valence-corrected chi connectivity index (χ1v) is 13.1. The number of aromatic nitrogens is 1. The predicted octanol–water partition coefficient (Wildman–Crippen LogP) is 4.02. The maximum Gasteiger partial charge on any atom is 0.298 e. The Morgan fingerprint density at radius 2 is 1.75 bits per heavy atom. The van der Waals surface area contributed by atoms with E-state index in [2.05, 4.69) is 66.2 Å². The second-order valence-electron chi connectivity index (χ2n) is 6.66. The lowest BCUT2D eigenvalue weighted by molar-refractivity contribution is -0.689. The Bertz CT molecular complexity index is 858. The van der Waals surface area contributed by atoms with Crippen molar-refractivity contribution in [2.75, 3.05) is 5.38 Å². The lowest BCUT2D eigenvalue weighted by Gasteiger charge is -2.21. The second kappa shape index (κ2) is 7.21. The maximum atomic E-state index is 11.7. The fourth-order valence-electron chi connectivity index (χ4n) is 2.71. The van der Waals surface area contributed by atoms with Crippen LogP contribution in [0.25, 0.3) is 10.2 Å². The minimum atomic E-state index is -1.50. The summed E-state index contributed by atoms with van der Waals surface area (Å²) in [5.74, 6) is 0.199. The van der Waals surface area contributed by atoms with Gasteiger partial charge in [0.05, 0.1) is 8.07 Å². The van der Waals surface area contributed by atoms with Crippen LogP contribution in [0, 0.1) is 0 Å². The van der Waals surface area contributed by atoms with E-state index in [1.54, 1.807) is 18.3 Å². The number of fused-ring (bicyclic) bond motifs is 1. The van der Waals surface area contributed by atoms with Gasteiger partial charge in [-0.05, 0) is 17.8 Å². The molecule has 0 bridgehead atoms. The minimum Gasteiger partial charge on any atom is -0.293 e. The van der Waals surface area contributed by atoms with Crippen LogP contribution in [0.5, 0.6) is 0 Å². The molecule has 0 fully saturated rings. The third-order valence-electron chi connectivity index (χ3n) is 4.07. The molecule has 124 valence electrons. The van der Waals surface area contributed by atoms with Gasteiger partial charge in [-0.15, -0.1) is 0 Å². The zero-order valence-electron chi connectivity index (χ0n) is 14.3. The molecule has 1 heterocycles. The molecule has 0 unspecified atom stereocenters. The number of nitrogens with zero attached hydrogens (tertiary/aromatic N) is 1. The van der Waals surface area contributed by atoms with E-state index in [4.69, 9.17) is 0 Å². The van der Waals surface area contributed by atoms with Crippen molar-refractivity contribution < 1.29 is 9.36 Å². The molecule has 0 saturated carbocycles. The van der Waals surface area contributed by atoms with E-state index in [1.165, 1.54) is 19.7 Å². The van der Waals surface area contributed by atoms with Crippen LogP contribution in [0.4, 0.5) is 0 Å². The van der Waals surface area contributed by atoms with Gasteiger partial charge < -0.3 is 0 Å². The Morgan fingerprint density at radius 1 is 1.08 bits per heavy atom. The van der Waals surface area contributed by atoms with Crippen molar-refractivity contribution in [2.45, 2.75) is 30.9 Å². The number of benzene rings is 2. The second-order valence-corrected chi connectivity index (χ2v) is 14.1. The van der Waals surface area contributed by atoms with Crippen LogP contribution < -0.4 is 9.75 Å². The highest BCUT2D eigenvalue weighted by Gasteiger charge is 2.28. The van der Waals surface area contributed by atoms with Crippen molar-refractivity contribution >= 4 is 52.4 Å². The van der Waals surface area contributed by atoms with Crippen molar-refractivity contribution in [1.82, 2.24) is 0 Å². The lowest BCUT2D eigenvalue weighted by atomic mass is 10.3. The summed E-state index contributed by atoms with van der Waals surface area (Å²) in [5.41, 5.74) is 1.17. The van der Waals surface area contributed by atoms with Gasteiger partial charge in [-0.1, -0.05) is 72.1 Å². The molecular weight excluding hydrogens is 350 g/mol. The van der Waals surface area contributed by atoms with E-state index in [0.717, 1.165) is 5.38 Å². The molecule has 0 spiro atoms. The number of carbonyl (C=O) groups excluding carboxylic acids is 1. The number of Topliss-reactive ketones (excluding diaryl/α,β-unsaturated/α-hetero) is 1. The number of carbonyl (C=O) groups is 1. The molecule has 2 aromatic carbocycles.